The first-order valence-electron chi connectivity index (χ1n) is 5.94. The Morgan fingerprint density at radius 2 is 1.53 bits per heavy atom. The Balaban J connectivity index is 0. The molecule has 0 bridgehead atoms. The average Bonchev–Trinajstić information content (AvgIpc) is 2.23. The van der Waals surface area contributed by atoms with Crippen LogP contribution in [0.15, 0.2) is 0 Å². The van der Waals surface area contributed by atoms with Gasteiger partial charge < -0.3 is 19.3 Å². The van der Waals surface area contributed by atoms with Gasteiger partial charge in [0, 0.05) is 20.1 Å². The van der Waals surface area contributed by atoms with Crippen molar-refractivity contribution in [2.75, 3.05) is 26.4 Å². The maximum absolute atomic E-state index is 9.00. The molecule has 0 saturated heterocycles. The minimum Gasteiger partial charge on any atom is -0.481 e. The Morgan fingerprint density at radius 3 is 1.94 bits per heavy atom. The van der Waals surface area contributed by atoms with Crippen LogP contribution in [0.4, 0.5) is 0 Å². The van der Waals surface area contributed by atoms with Gasteiger partial charge in [-0.15, -0.1) is 0 Å². The van der Waals surface area contributed by atoms with Crippen molar-refractivity contribution in [3.63, 3.8) is 0 Å². The van der Waals surface area contributed by atoms with E-state index in [0.29, 0.717) is 13.2 Å². The first kappa shape index (κ1) is 18.7. The van der Waals surface area contributed by atoms with Crippen molar-refractivity contribution >= 4 is 5.97 Å². The second kappa shape index (κ2) is 13.4. The molecule has 2 atom stereocenters. The predicted molar refractivity (Wildman–Crippen MR) is 66.3 cm³/mol. The number of carboxylic acid groups (broad SMARTS) is 1. The molecule has 0 fully saturated rings. The summed E-state index contributed by atoms with van der Waals surface area (Å²) in [5.41, 5.74) is 0. The number of ether oxygens (including phenoxy) is 3. The van der Waals surface area contributed by atoms with E-state index in [1.807, 2.05) is 27.7 Å². The van der Waals surface area contributed by atoms with Gasteiger partial charge in [-0.3, -0.25) is 4.79 Å². The van der Waals surface area contributed by atoms with Crippen LogP contribution in [0.2, 0.25) is 0 Å². The van der Waals surface area contributed by atoms with Crippen molar-refractivity contribution < 1.29 is 24.1 Å². The van der Waals surface area contributed by atoms with Gasteiger partial charge in [-0.2, -0.15) is 0 Å². The highest BCUT2D eigenvalue weighted by Crippen LogP contribution is 1.97. The summed E-state index contributed by atoms with van der Waals surface area (Å²) in [6.45, 7) is 11.9. The lowest BCUT2D eigenvalue weighted by Gasteiger charge is -2.16. The first-order valence-corrected chi connectivity index (χ1v) is 5.94. The van der Waals surface area contributed by atoms with Gasteiger partial charge in [-0.25, -0.2) is 0 Å². The van der Waals surface area contributed by atoms with Gasteiger partial charge >= 0.3 is 0 Å². The van der Waals surface area contributed by atoms with Gasteiger partial charge in [-0.1, -0.05) is 0 Å². The largest absolute Gasteiger partial charge is 0.481 e. The van der Waals surface area contributed by atoms with E-state index < -0.39 is 5.97 Å². The molecular weight excluding hydrogens is 224 g/mol. The third kappa shape index (κ3) is 21.2. The molecule has 0 aromatic rings. The van der Waals surface area contributed by atoms with Crippen LogP contribution < -0.4 is 0 Å². The molecule has 5 nitrogen and oxygen atoms in total. The minimum absolute atomic E-state index is 0.155. The number of carbonyl (C=O) groups is 1. The Morgan fingerprint density at radius 1 is 1.06 bits per heavy atom. The Labute approximate surface area is 104 Å². The second-order valence-electron chi connectivity index (χ2n) is 3.59. The quantitative estimate of drug-likeness (QED) is 0.713. The monoisotopic (exact) mass is 250 g/mol. The highest BCUT2D eigenvalue weighted by molar-refractivity contribution is 5.62. The standard InChI is InChI=1S/C10H22O3.C2H4O2/c1-5-11-7-9(3)13-8-10(4)12-6-2;1-2(3)4/h9-10H,5-8H2,1-4H3;1H3,(H,3,4). The van der Waals surface area contributed by atoms with Crippen LogP contribution >= 0.6 is 0 Å². The van der Waals surface area contributed by atoms with Gasteiger partial charge in [0.1, 0.15) is 0 Å². The Bertz CT molecular complexity index is 168. The average molecular weight is 250 g/mol. The van der Waals surface area contributed by atoms with Crippen LogP contribution in [0.1, 0.15) is 34.6 Å². The molecule has 0 aliphatic heterocycles. The molecule has 0 rings (SSSR count). The molecule has 0 aromatic carbocycles. The van der Waals surface area contributed by atoms with Gasteiger partial charge in [0.25, 0.3) is 5.97 Å². The molecule has 0 heterocycles. The molecule has 17 heavy (non-hydrogen) atoms. The van der Waals surface area contributed by atoms with E-state index in [9.17, 15) is 0 Å². The molecular formula is C12H26O5. The van der Waals surface area contributed by atoms with E-state index in [1.54, 1.807) is 0 Å². The fourth-order valence-electron chi connectivity index (χ4n) is 0.964. The fraction of sp³-hybridized carbons (Fsp3) is 0.917. The maximum Gasteiger partial charge on any atom is 0.300 e. The molecule has 0 aromatic heterocycles. The van der Waals surface area contributed by atoms with Crippen LogP contribution in [0.25, 0.3) is 0 Å². The molecule has 2 unspecified atom stereocenters. The zero-order chi connectivity index (χ0) is 13.7. The van der Waals surface area contributed by atoms with Crippen molar-refractivity contribution in [2.45, 2.75) is 46.8 Å². The zero-order valence-electron chi connectivity index (χ0n) is 11.6. The van der Waals surface area contributed by atoms with Crippen molar-refractivity contribution in [2.24, 2.45) is 0 Å². The smallest absolute Gasteiger partial charge is 0.300 e. The van der Waals surface area contributed by atoms with Crippen LogP contribution in [0.3, 0.4) is 0 Å². The van der Waals surface area contributed by atoms with Gasteiger partial charge in [-0.05, 0) is 27.7 Å². The van der Waals surface area contributed by atoms with E-state index in [-0.39, 0.29) is 12.2 Å². The summed E-state index contributed by atoms with van der Waals surface area (Å²) in [6.07, 6.45) is 0.330. The van der Waals surface area contributed by atoms with E-state index in [0.717, 1.165) is 20.1 Å². The number of hydrogen-bond acceptors (Lipinski definition) is 4. The lowest BCUT2D eigenvalue weighted by atomic mass is 10.4. The topological polar surface area (TPSA) is 65.0 Å². The summed E-state index contributed by atoms with van der Waals surface area (Å²) >= 11 is 0. The molecule has 0 aliphatic carbocycles. The minimum atomic E-state index is -0.833. The zero-order valence-corrected chi connectivity index (χ0v) is 11.6. The molecule has 1 N–H and O–H groups in total. The van der Waals surface area contributed by atoms with E-state index in [4.69, 9.17) is 24.1 Å². The normalized spacial score (nSPS) is 13.5. The van der Waals surface area contributed by atoms with Gasteiger partial charge in [0.2, 0.25) is 0 Å². The van der Waals surface area contributed by atoms with Crippen LogP contribution in [0, 0.1) is 0 Å². The fourth-order valence-corrected chi connectivity index (χ4v) is 0.964. The maximum atomic E-state index is 9.00. The molecule has 0 aliphatic rings. The van der Waals surface area contributed by atoms with Crippen molar-refractivity contribution in [1.82, 2.24) is 0 Å². The SMILES string of the molecule is CC(=O)O.CCOCC(C)OCC(C)OCC. The second-order valence-corrected chi connectivity index (χ2v) is 3.59. The van der Waals surface area contributed by atoms with Crippen LogP contribution in [-0.2, 0) is 19.0 Å². The van der Waals surface area contributed by atoms with Gasteiger partial charge in [0.05, 0.1) is 25.4 Å². The van der Waals surface area contributed by atoms with E-state index >= 15 is 0 Å². The molecule has 104 valence electrons. The van der Waals surface area contributed by atoms with Crippen molar-refractivity contribution in [1.29, 1.82) is 0 Å². The molecule has 0 spiro atoms. The van der Waals surface area contributed by atoms with E-state index in [1.165, 1.54) is 0 Å². The Hall–Kier alpha value is -0.650. The third-order valence-electron chi connectivity index (χ3n) is 1.62. The number of hydrogen-bond donors (Lipinski definition) is 1. The first-order chi connectivity index (χ1) is 7.93. The summed E-state index contributed by atoms with van der Waals surface area (Å²) in [5.74, 6) is -0.833. The lowest BCUT2D eigenvalue weighted by molar-refractivity contribution is -0.134. The highest BCUT2D eigenvalue weighted by atomic mass is 16.6. The molecule has 0 amide bonds. The number of carboxylic acids is 1. The van der Waals surface area contributed by atoms with Crippen LogP contribution in [0.5, 0.6) is 0 Å². The van der Waals surface area contributed by atoms with Gasteiger partial charge in [0.15, 0.2) is 0 Å². The summed E-state index contributed by atoms with van der Waals surface area (Å²) in [7, 11) is 0. The van der Waals surface area contributed by atoms with E-state index in [2.05, 4.69) is 0 Å². The summed E-state index contributed by atoms with van der Waals surface area (Å²) in [4.78, 5) is 9.00. The highest BCUT2D eigenvalue weighted by Gasteiger charge is 2.05. The predicted octanol–water partition coefficient (Wildman–Crippen LogP) is 1.94. The third-order valence-corrected chi connectivity index (χ3v) is 1.62. The van der Waals surface area contributed by atoms with Crippen LogP contribution in [-0.4, -0.2) is 49.7 Å². The van der Waals surface area contributed by atoms with Crippen molar-refractivity contribution in [3.8, 4) is 0 Å². The number of rotatable bonds is 8. The number of aliphatic carboxylic acids is 1. The van der Waals surface area contributed by atoms with Crippen molar-refractivity contribution in [3.05, 3.63) is 0 Å². The summed E-state index contributed by atoms with van der Waals surface area (Å²) in [6, 6.07) is 0. The summed E-state index contributed by atoms with van der Waals surface area (Å²) in [5, 5.41) is 7.42. The Kier molecular flexibility index (Phi) is 14.8. The molecule has 0 radical (unpaired) electrons. The molecule has 0 saturated carbocycles. The molecule has 5 heteroatoms. The summed E-state index contributed by atoms with van der Waals surface area (Å²) < 4.78 is 16.1. The lowest BCUT2D eigenvalue weighted by Crippen LogP contribution is -2.23.